The summed E-state index contributed by atoms with van der Waals surface area (Å²) in [6, 6.07) is 13.1. The zero-order chi connectivity index (χ0) is 27.3. The highest BCUT2D eigenvalue weighted by atomic mass is 32.2. The Balaban J connectivity index is 1.39. The molecule has 0 unspecified atom stereocenters. The van der Waals surface area contributed by atoms with Crippen molar-refractivity contribution in [1.82, 2.24) is 15.0 Å². The molecule has 3 aromatic carbocycles. The number of H-pyrrole nitrogens is 1. The molecular weight excluding hydrogens is 549 g/mol. The highest BCUT2D eigenvalue weighted by molar-refractivity contribution is 7.92. The average Bonchev–Trinajstić information content (AvgIpc) is 3.56. The second-order valence-electron chi connectivity index (χ2n) is 8.53. The van der Waals surface area contributed by atoms with Crippen LogP contribution < -0.4 is 4.72 Å². The maximum Gasteiger partial charge on any atom is 0.262 e. The highest BCUT2D eigenvalue weighted by Crippen LogP contribution is 2.31. The Morgan fingerprint density at radius 2 is 1.79 bits per heavy atom. The molecule has 6 rings (SSSR count). The van der Waals surface area contributed by atoms with Crippen molar-refractivity contribution in [3.8, 4) is 11.1 Å². The number of ketones is 1. The van der Waals surface area contributed by atoms with Crippen LogP contribution in [0, 0.1) is 17.5 Å². The van der Waals surface area contributed by atoms with Crippen molar-refractivity contribution in [3.63, 3.8) is 0 Å². The van der Waals surface area contributed by atoms with E-state index in [0.29, 0.717) is 16.6 Å². The summed E-state index contributed by atoms with van der Waals surface area (Å²) in [6.07, 6.45) is 2.89. The number of aromatic nitrogens is 3. The average molecular weight is 565 g/mol. The fourth-order valence-corrected chi connectivity index (χ4v) is 5.95. The van der Waals surface area contributed by atoms with Crippen molar-refractivity contribution in [3.05, 3.63) is 107 Å². The van der Waals surface area contributed by atoms with E-state index in [1.54, 1.807) is 17.8 Å². The molecule has 2 N–H and O–H groups in total. The molecule has 0 fully saturated rings. The second kappa shape index (κ2) is 9.33. The van der Waals surface area contributed by atoms with Gasteiger partial charge in [0.15, 0.2) is 5.82 Å². The molecule has 12 heteroatoms. The van der Waals surface area contributed by atoms with E-state index in [2.05, 4.69) is 15.0 Å². The lowest BCUT2D eigenvalue weighted by atomic mass is 10.00. The number of sulfonamides is 1. The molecule has 0 saturated heterocycles. The molecule has 3 aromatic heterocycles. The lowest BCUT2D eigenvalue weighted by Crippen LogP contribution is -2.16. The van der Waals surface area contributed by atoms with Gasteiger partial charge in [0.05, 0.1) is 31.9 Å². The minimum absolute atomic E-state index is 0.0583. The Morgan fingerprint density at radius 1 is 0.949 bits per heavy atom. The number of pyridine rings is 1. The zero-order valence-electron chi connectivity index (χ0n) is 19.6. The van der Waals surface area contributed by atoms with Gasteiger partial charge in [-0.15, -0.1) is 11.3 Å². The molecule has 3 heterocycles. The molecule has 0 spiro atoms. The minimum atomic E-state index is -4.43. The molecule has 6 aromatic rings. The fraction of sp³-hybridized carbons (Fsp3) is 0. The summed E-state index contributed by atoms with van der Waals surface area (Å²) in [5.41, 5.74) is 2.61. The van der Waals surface area contributed by atoms with Gasteiger partial charge in [-0.25, -0.2) is 31.6 Å². The van der Waals surface area contributed by atoms with Crippen molar-refractivity contribution in [2.75, 3.05) is 4.72 Å². The van der Waals surface area contributed by atoms with Crippen LogP contribution in [0.5, 0.6) is 0 Å². The van der Waals surface area contributed by atoms with Gasteiger partial charge in [0.2, 0.25) is 5.78 Å². The number of thiazole rings is 1. The summed E-state index contributed by atoms with van der Waals surface area (Å²) in [7, 11) is -4.43. The van der Waals surface area contributed by atoms with E-state index in [0.717, 1.165) is 46.1 Å². The number of fused-ring (bicyclic) bond motifs is 2. The third kappa shape index (κ3) is 4.43. The summed E-state index contributed by atoms with van der Waals surface area (Å²) < 4.78 is 72.1. The number of carbonyl (C=O) groups is 1. The molecule has 0 aliphatic rings. The number of hydrogen-bond donors (Lipinski definition) is 2. The highest BCUT2D eigenvalue weighted by Gasteiger charge is 2.26. The molecule has 0 amide bonds. The smallest absolute Gasteiger partial charge is 0.262 e. The van der Waals surface area contributed by atoms with E-state index >= 15 is 4.39 Å². The van der Waals surface area contributed by atoms with E-state index in [1.807, 2.05) is 22.9 Å². The van der Waals surface area contributed by atoms with Gasteiger partial charge in [0.1, 0.15) is 17.3 Å². The second-order valence-corrected chi connectivity index (χ2v) is 11.1. The molecule has 0 aliphatic heterocycles. The van der Waals surface area contributed by atoms with Gasteiger partial charge in [-0.1, -0.05) is 12.1 Å². The quantitative estimate of drug-likeness (QED) is 0.232. The van der Waals surface area contributed by atoms with Crippen LogP contribution in [-0.4, -0.2) is 29.2 Å². The van der Waals surface area contributed by atoms with Crippen LogP contribution in [0.15, 0.2) is 83.5 Å². The summed E-state index contributed by atoms with van der Waals surface area (Å²) in [5.74, 6) is -4.42. The largest absolute Gasteiger partial charge is 0.345 e. The lowest BCUT2D eigenvalue weighted by Gasteiger charge is -2.12. The minimum Gasteiger partial charge on any atom is -0.345 e. The van der Waals surface area contributed by atoms with E-state index in [4.69, 9.17) is 0 Å². The van der Waals surface area contributed by atoms with E-state index in [1.165, 1.54) is 23.6 Å². The van der Waals surface area contributed by atoms with Gasteiger partial charge < -0.3 is 4.98 Å². The Bertz CT molecular complexity index is 2040. The maximum absolute atomic E-state index is 15.5. The number of nitrogens with zero attached hydrogens (tertiary/aromatic N) is 2. The summed E-state index contributed by atoms with van der Waals surface area (Å²) in [6.45, 7) is 0. The van der Waals surface area contributed by atoms with Crippen molar-refractivity contribution >= 4 is 54.1 Å². The first-order chi connectivity index (χ1) is 18.7. The molecule has 194 valence electrons. The van der Waals surface area contributed by atoms with Crippen LogP contribution in [0.25, 0.3) is 32.4 Å². The van der Waals surface area contributed by atoms with Gasteiger partial charge in [-0.05, 0) is 54.1 Å². The molecule has 0 bridgehead atoms. The van der Waals surface area contributed by atoms with Crippen molar-refractivity contribution in [2.24, 2.45) is 0 Å². The first kappa shape index (κ1) is 24.8. The fourth-order valence-electron chi connectivity index (χ4n) is 4.20. The number of anilines is 1. The van der Waals surface area contributed by atoms with Gasteiger partial charge in [-0.2, -0.15) is 0 Å². The third-order valence-corrected chi connectivity index (χ3v) is 8.28. The first-order valence-electron chi connectivity index (χ1n) is 11.3. The number of rotatable bonds is 6. The maximum atomic E-state index is 15.5. The number of nitrogens with one attached hydrogen (secondary N) is 2. The topological polar surface area (TPSA) is 105 Å². The predicted molar refractivity (Wildman–Crippen MR) is 142 cm³/mol. The summed E-state index contributed by atoms with van der Waals surface area (Å²) in [5, 5.41) is 0.320. The number of carbonyl (C=O) groups excluding carboxylic acids is 1. The lowest BCUT2D eigenvalue weighted by molar-refractivity contribution is 0.103. The van der Waals surface area contributed by atoms with E-state index in [-0.39, 0.29) is 5.56 Å². The number of aromatic amines is 1. The van der Waals surface area contributed by atoms with Gasteiger partial charge in [-0.3, -0.25) is 9.52 Å². The Kier molecular flexibility index (Phi) is 5.92. The van der Waals surface area contributed by atoms with Gasteiger partial charge in [0.25, 0.3) is 10.0 Å². The third-order valence-electron chi connectivity index (χ3n) is 6.11. The Labute approximate surface area is 223 Å². The predicted octanol–water partition coefficient (Wildman–Crippen LogP) is 6.29. The summed E-state index contributed by atoms with van der Waals surface area (Å²) >= 11 is 1.50. The van der Waals surface area contributed by atoms with Crippen LogP contribution in [0.1, 0.15) is 15.9 Å². The first-order valence-corrected chi connectivity index (χ1v) is 13.7. The van der Waals surface area contributed by atoms with Crippen LogP contribution in [0.2, 0.25) is 0 Å². The molecule has 0 saturated carbocycles. The molecule has 7 nitrogen and oxygen atoms in total. The van der Waals surface area contributed by atoms with Crippen LogP contribution in [0.4, 0.5) is 18.9 Å². The van der Waals surface area contributed by atoms with E-state index < -0.39 is 49.4 Å². The van der Waals surface area contributed by atoms with Crippen molar-refractivity contribution < 1.29 is 26.4 Å². The van der Waals surface area contributed by atoms with Crippen molar-refractivity contribution in [2.45, 2.75) is 4.90 Å². The zero-order valence-corrected chi connectivity index (χ0v) is 21.2. The standard InChI is InChI=1S/C27H15F3N4O3S2/c28-16-2-1-3-17(10-16)39(36,37)34-21-6-5-20(29)24(25(21)30)26(35)19-12-32-27-18(19)8-15(11-31-27)14-4-7-23-22(9-14)33-13-38-23/h1-13,34H,(H,31,32). The number of halogens is 3. The van der Waals surface area contributed by atoms with Gasteiger partial charge >= 0.3 is 0 Å². The molecule has 0 atom stereocenters. The normalized spacial score (nSPS) is 11.8. The van der Waals surface area contributed by atoms with Crippen LogP contribution in [0.3, 0.4) is 0 Å². The van der Waals surface area contributed by atoms with Gasteiger partial charge in [0, 0.05) is 28.9 Å². The Morgan fingerprint density at radius 3 is 2.62 bits per heavy atom. The van der Waals surface area contributed by atoms with Crippen molar-refractivity contribution in [1.29, 1.82) is 0 Å². The van der Waals surface area contributed by atoms with E-state index in [9.17, 15) is 22.0 Å². The SMILES string of the molecule is O=C(c1c(F)ccc(NS(=O)(=O)c2cccc(F)c2)c1F)c1c[nH]c2ncc(-c3ccc4scnc4c3)cc12. The number of hydrogen-bond acceptors (Lipinski definition) is 6. The molecular formula is C27H15F3N4O3S2. The molecule has 39 heavy (non-hydrogen) atoms. The van der Waals surface area contributed by atoms with Crippen LogP contribution in [-0.2, 0) is 10.0 Å². The molecule has 0 aliphatic carbocycles. The van der Waals surface area contributed by atoms with Crippen LogP contribution >= 0.6 is 11.3 Å². The monoisotopic (exact) mass is 564 g/mol. The molecule has 0 radical (unpaired) electrons. The summed E-state index contributed by atoms with van der Waals surface area (Å²) in [4.78, 5) is 24.4. The Hall–Kier alpha value is -4.55. The number of benzene rings is 3.